The van der Waals surface area contributed by atoms with Crippen molar-refractivity contribution in [2.24, 2.45) is 0 Å². The Morgan fingerprint density at radius 3 is 2.42 bits per heavy atom. The summed E-state index contributed by atoms with van der Waals surface area (Å²) in [5.74, 6) is -2.64. The van der Waals surface area contributed by atoms with E-state index in [2.05, 4.69) is 35.3 Å². The van der Waals surface area contributed by atoms with Crippen LogP contribution in [-0.2, 0) is 27.4 Å². The van der Waals surface area contributed by atoms with Gasteiger partial charge in [-0.05, 0) is 69.5 Å². The molecule has 2 heterocycles. The van der Waals surface area contributed by atoms with Gasteiger partial charge < -0.3 is 29.4 Å². The number of amides is 2. The van der Waals surface area contributed by atoms with Gasteiger partial charge in [0.15, 0.2) is 17.4 Å². The SMILES string of the molecule is CC(C)(C)OC(=O)N[C@H](Cc1cc(F)c(Oc2ccnc3c2ccn3COCC[Si](C)(C)C)c(F)c1)C(=O)NC1CCCCC1. The van der Waals surface area contributed by atoms with Crippen molar-refractivity contribution in [3.63, 3.8) is 0 Å². The zero-order valence-electron chi connectivity index (χ0n) is 27.2. The van der Waals surface area contributed by atoms with Crippen molar-refractivity contribution in [3.8, 4) is 11.5 Å². The lowest BCUT2D eigenvalue weighted by Crippen LogP contribution is -2.51. The number of pyridine rings is 1. The van der Waals surface area contributed by atoms with Crippen molar-refractivity contribution in [1.29, 1.82) is 0 Å². The minimum Gasteiger partial charge on any atom is -0.450 e. The zero-order valence-corrected chi connectivity index (χ0v) is 28.2. The molecule has 1 atom stereocenters. The summed E-state index contributed by atoms with van der Waals surface area (Å²) in [6, 6.07) is 5.47. The molecule has 9 nitrogen and oxygen atoms in total. The molecular formula is C33H46F2N4O5Si. The number of aromatic nitrogens is 2. The molecule has 12 heteroatoms. The van der Waals surface area contributed by atoms with E-state index in [0.717, 1.165) is 50.3 Å². The summed E-state index contributed by atoms with van der Waals surface area (Å²) in [5.41, 5.74) is -0.0391. The molecule has 246 valence electrons. The van der Waals surface area contributed by atoms with Crippen molar-refractivity contribution < 1.29 is 32.6 Å². The first-order valence-corrected chi connectivity index (χ1v) is 19.4. The first kappa shape index (κ1) is 34.4. The average Bonchev–Trinajstić information content (AvgIpc) is 3.35. The predicted octanol–water partition coefficient (Wildman–Crippen LogP) is 7.30. The van der Waals surface area contributed by atoms with Crippen LogP contribution in [0.5, 0.6) is 11.5 Å². The number of rotatable bonds is 12. The summed E-state index contributed by atoms with van der Waals surface area (Å²) in [4.78, 5) is 30.2. The Kier molecular flexibility index (Phi) is 11.2. The van der Waals surface area contributed by atoms with Crippen molar-refractivity contribution in [1.82, 2.24) is 20.2 Å². The molecule has 1 aromatic carbocycles. The smallest absolute Gasteiger partial charge is 0.408 e. The molecule has 1 fully saturated rings. The quantitative estimate of drug-likeness (QED) is 0.158. The highest BCUT2D eigenvalue weighted by atomic mass is 28.3. The van der Waals surface area contributed by atoms with Crippen LogP contribution < -0.4 is 15.4 Å². The molecule has 1 aliphatic carbocycles. The number of carbonyl (C=O) groups excluding carboxylic acids is 2. The second kappa shape index (κ2) is 14.7. The van der Waals surface area contributed by atoms with Crippen LogP contribution in [-0.4, -0.2) is 53.9 Å². The summed E-state index contributed by atoms with van der Waals surface area (Å²) in [6.07, 6.45) is 7.19. The van der Waals surface area contributed by atoms with E-state index in [1.807, 2.05) is 4.57 Å². The Morgan fingerprint density at radius 2 is 1.78 bits per heavy atom. The maximum absolute atomic E-state index is 15.4. The topological polar surface area (TPSA) is 104 Å². The summed E-state index contributed by atoms with van der Waals surface area (Å²) >= 11 is 0. The van der Waals surface area contributed by atoms with Crippen molar-refractivity contribution in [2.45, 2.75) is 109 Å². The van der Waals surface area contributed by atoms with Gasteiger partial charge in [-0.2, -0.15) is 0 Å². The molecule has 0 bridgehead atoms. The Morgan fingerprint density at radius 1 is 1.09 bits per heavy atom. The first-order valence-electron chi connectivity index (χ1n) is 15.7. The molecule has 0 radical (unpaired) electrons. The molecule has 0 saturated heterocycles. The van der Waals surface area contributed by atoms with Gasteiger partial charge in [0.2, 0.25) is 5.91 Å². The number of nitrogens with one attached hydrogen (secondary N) is 2. The van der Waals surface area contributed by atoms with Gasteiger partial charge in [0.25, 0.3) is 0 Å². The normalized spacial score (nSPS) is 15.1. The zero-order chi connectivity index (χ0) is 32.8. The van der Waals surface area contributed by atoms with Crippen molar-refractivity contribution >= 4 is 31.1 Å². The monoisotopic (exact) mass is 644 g/mol. The molecule has 45 heavy (non-hydrogen) atoms. The van der Waals surface area contributed by atoms with Crippen LogP contribution in [0.4, 0.5) is 13.6 Å². The van der Waals surface area contributed by atoms with Crippen LogP contribution in [0.3, 0.4) is 0 Å². The number of nitrogens with zero attached hydrogens (tertiary/aromatic N) is 2. The number of ether oxygens (including phenoxy) is 3. The predicted molar refractivity (Wildman–Crippen MR) is 172 cm³/mol. The Labute approximate surface area is 265 Å². The molecule has 0 spiro atoms. The molecule has 0 unspecified atom stereocenters. The summed E-state index contributed by atoms with van der Waals surface area (Å²) in [7, 11) is -1.23. The van der Waals surface area contributed by atoms with Gasteiger partial charge in [0, 0.05) is 39.5 Å². The third-order valence-corrected chi connectivity index (χ3v) is 9.22. The third kappa shape index (κ3) is 10.3. The number of halogens is 2. The van der Waals surface area contributed by atoms with E-state index in [1.54, 1.807) is 39.1 Å². The van der Waals surface area contributed by atoms with Crippen molar-refractivity contribution in [3.05, 3.63) is 53.9 Å². The number of alkyl carbamates (subject to hydrolysis) is 1. The molecule has 2 aromatic heterocycles. The van der Waals surface area contributed by atoms with Crippen molar-refractivity contribution in [2.75, 3.05) is 6.61 Å². The molecule has 4 rings (SSSR count). The Balaban J connectivity index is 1.49. The minimum atomic E-state index is -1.23. The maximum atomic E-state index is 15.4. The number of hydrogen-bond acceptors (Lipinski definition) is 6. The molecule has 2 N–H and O–H groups in total. The lowest BCUT2D eigenvalue weighted by atomic mass is 9.95. The lowest BCUT2D eigenvalue weighted by Gasteiger charge is -2.27. The Hall–Kier alpha value is -3.51. The van der Waals surface area contributed by atoms with Gasteiger partial charge in [-0.1, -0.05) is 38.9 Å². The highest BCUT2D eigenvalue weighted by Gasteiger charge is 2.28. The van der Waals surface area contributed by atoms with E-state index in [1.165, 1.54) is 6.20 Å². The molecule has 0 aliphatic heterocycles. The van der Waals surface area contributed by atoms with Gasteiger partial charge in [-0.15, -0.1) is 0 Å². The number of carbonyl (C=O) groups is 2. The van der Waals surface area contributed by atoms with E-state index >= 15 is 8.78 Å². The molecular weight excluding hydrogens is 598 g/mol. The second-order valence-electron chi connectivity index (χ2n) is 13.9. The van der Waals surface area contributed by atoms with Gasteiger partial charge in [0.05, 0.1) is 5.39 Å². The fourth-order valence-electron chi connectivity index (χ4n) is 5.18. The van der Waals surface area contributed by atoms with Crippen LogP contribution in [0.2, 0.25) is 25.7 Å². The highest BCUT2D eigenvalue weighted by molar-refractivity contribution is 6.76. The summed E-state index contributed by atoms with van der Waals surface area (Å²) in [6.45, 7) is 12.9. The summed E-state index contributed by atoms with van der Waals surface area (Å²) < 4.78 is 49.6. The minimum absolute atomic E-state index is 0.0118. The molecule has 1 aliphatic rings. The Bertz CT molecular complexity index is 1450. The lowest BCUT2D eigenvalue weighted by molar-refractivity contribution is -0.124. The van der Waals surface area contributed by atoms with E-state index in [9.17, 15) is 9.59 Å². The largest absolute Gasteiger partial charge is 0.450 e. The van der Waals surface area contributed by atoms with E-state index in [-0.39, 0.29) is 23.8 Å². The van der Waals surface area contributed by atoms with Crippen LogP contribution in [0.1, 0.15) is 58.4 Å². The number of hydrogen-bond donors (Lipinski definition) is 2. The number of fused-ring (bicyclic) bond motifs is 1. The average molecular weight is 645 g/mol. The van der Waals surface area contributed by atoms with Crippen LogP contribution >= 0.6 is 0 Å². The molecule has 3 aromatic rings. The summed E-state index contributed by atoms with van der Waals surface area (Å²) in [5, 5.41) is 6.15. The third-order valence-electron chi connectivity index (χ3n) is 7.52. The van der Waals surface area contributed by atoms with E-state index in [0.29, 0.717) is 24.4 Å². The van der Waals surface area contributed by atoms with E-state index < -0.39 is 49.1 Å². The molecule has 1 saturated carbocycles. The standard InChI is InChI=1S/C33H46F2N4O5Si/c1-33(2,3)44-32(41)38-27(31(40)37-23-10-8-7-9-11-23)20-22-18-25(34)29(26(35)19-22)43-28-12-14-36-30-24(28)13-15-39(30)21-42-16-17-45(4,5)6/h12-15,18-19,23,27H,7-11,16-17,20-21H2,1-6H3,(H,37,40)(H,38,41)/t27-/m1/s1. The fraction of sp³-hybridized carbons (Fsp3) is 0.545. The van der Waals surface area contributed by atoms with Gasteiger partial charge in [-0.3, -0.25) is 4.79 Å². The first-order chi connectivity index (χ1) is 21.2. The molecule has 2 amide bonds. The second-order valence-corrected chi connectivity index (χ2v) is 19.5. The highest BCUT2D eigenvalue weighted by Crippen LogP contribution is 2.33. The van der Waals surface area contributed by atoms with E-state index in [4.69, 9.17) is 14.2 Å². The van der Waals surface area contributed by atoms with Gasteiger partial charge >= 0.3 is 6.09 Å². The fourth-order valence-corrected chi connectivity index (χ4v) is 5.94. The maximum Gasteiger partial charge on any atom is 0.408 e. The van der Waals surface area contributed by atoms with Crippen LogP contribution in [0, 0.1) is 11.6 Å². The van der Waals surface area contributed by atoms with Crippen LogP contribution in [0.25, 0.3) is 11.0 Å². The number of benzene rings is 1. The van der Waals surface area contributed by atoms with Gasteiger partial charge in [0.1, 0.15) is 29.8 Å². The van der Waals surface area contributed by atoms with Gasteiger partial charge in [-0.25, -0.2) is 18.6 Å². The van der Waals surface area contributed by atoms with Crippen LogP contribution in [0.15, 0.2) is 36.7 Å².